The van der Waals surface area contributed by atoms with Gasteiger partial charge in [-0.15, -0.1) is 0 Å². The van der Waals surface area contributed by atoms with Gasteiger partial charge in [0.15, 0.2) is 0 Å². The number of rotatable bonds is 6. The third kappa shape index (κ3) is 3.37. The maximum absolute atomic E-state index is 11.6. The molecule has 0 saturated carbocycles. The molecule has 2 rings (SSSR count). The van der Waals surface area contributed by atoms with Gasteiger partial charge in [0.25, 0.3) is 0 Å². The van der Waals surface area contributed by atoms with E-state index in [9.17, 15) is 4.79 Å². The minimum atomic E-state index is 0.0810. The maximum Gasteiger partial charge on any atom is 0.220 e. The van der Waals surface area contributed by atoms with Gasteiger partial charge in [0.1, 0.15) is 0 Å². The zero-order valence-electron chi connectivity index (χ0n) is 12.5. The number of amides is 1. The van der Waals surface area contributed by atoms with Crippen molar-refractivity contribution in [3.8, 4) is 0 Å². The van der Waals surface area contributed by atoms with Gasteiger partial charge in [-0.1, -0.05) is 0 Å². The average Bonchev–Trinajstić information content (AvgIpc) is 3.05. The molecule has 1 saturated heterocycles. The minimum Gasteiger partial charge on any atom is -0.380 e. The Labute approximate surface area is 120 Å². The standard InChI is InChI=1S/C14H24N4O2/c1-4-18-10-16-6-12(18)8-17-7-11(5-14(19)15-2)13(9-17)20-3/h6,10-11,13H,4-5,7-9H2,1-3H3,(H,15,19)/t11-,13+/m1/s1. The van der Waals surface area contributed by atoms with Crippen LogP contribution in [-0.2, 0) is 22.6 Å². The van der Waals surface area contributed by atoms with Crippen LogP contribution < -0.4 is 5.32 Å². The first kappa shape index (κ1) is 15.0. The number of carbonyl (C=O) groups is 1. The van der Waals surface area contributed by atoms with Crippen LogP contribution >= 0.6 is 0 Å². The predicted molar refractivity (Wildman–Crippen MR) is 76.1 cm³/mol. The van der Waals surface area contributed by atoms with Crippen molar-refractivity contribution in [3.05, 3.63) is 18.2 Å². The van der Waals surface area contributed by atoms with E-state index in [0.29, 0.717) is 6.42 Å². The van der Waals surface area contributed by atoms with Gasteiger partial charge < -0.3 is 14.6 Å². The highest BCUT2D eigenvalue weighted by atomic mass is 16.5. The first-order valence-electron chi connectivity index (χ1n) is 7.12. The molecule has 2 heterocycles. The quantitative estimate of drug-likeness (QED) is 0.824. The van der Waals surface area contributed by atoms with Gasteiger partial charge in [-0.3, -0.25) is 9.69 Å². The normalized spacial score (nSPS) is 23.1. The van der Waals surface area contributed by atoms with Crippen LogP contribution in [0.3, 0.4) is 0 Å². The lowest BCUT2D eigenvalue weighted by molar-refractivity contribution is -0.122. The van der Waals surface area contributed by atoms with Gasteiger partial charge >= 0.3 is 0 Å². The highest BCUT2D eigenvalue weighted by Crippen LogP contribution is 2.24. The van der Waals surface area contributed by atoms with Crippen molar-refractivity contribution >= 4 is 5.91 Å². The lowest BCUT2D eigenvalue weighted by Gasteiger charge is -2.16. The molecule has 1 fully saturated rings. The molecule has 0 radical (unpaired) electrons. The van der Waals surface area contributed by atoms with Crippen molar-refractivity contribution in [1.29, 1.82) is 0 Å². The number of hydrogen-bond donors (Lipinski definition) is 1. The summed E-state index contributed by atoms with van der Waals surface area (Å²) in [5.41, 5.74) is 1.21. The molecule has 0 aromatic carbocycles. The maximum atomic E-state index is 11.6. The third-order valence-electron chi connectivity index (χ3n) is 4.01. The largest absolute Gasteiger partial charge is 0.380 e. The number of hydrogen-bond acceptors (Lipinski definition) is 4. The zero-order chi connectivity index (χ0) is 14.5. The first-order chi connectivity index (χ1) is 9.67. The van der Waals surface area contributed by atoms with Crippen LogP contribution in [0.5, 0.6) is 0 Å². The molecule has 0 unspecified atom stereocenters. The molecule has 1 aliphatic rings. The van der Waals surface area contributed by atoms with Crippen molar-refractivity contribution in [1.82, 2.24) is 19.8 Å². The number of likely N-dealkylation sites (tertiary alicyclic amines) is 1. The Morgan fingerprint density at radius 1 is 1.55 bits per heavy atom. The smallest absolute Gasteiger partial charge is 0.220 e. The Kier molecular flexibility index (Phi) is 5.14. The zero-order valence-corrected chi connectivity index (χ0v) is 12.5. The predicted octanol–water partition coefficient (Wildman–Crippen LogP) is 0.486. The second kappa shape index (κ2) is 6.85. The lowest BCUT2D eigenvalue weighted by atomic mass is 10.0. The summed E-state index contributed by atoms with van der Waals surface area (Å²) in [5.74, 6) is 0.343. The van der Waals surface area contributed by atoms with Crippen LogP contribution in [0.4, 0.5) is 0 Å². The summed E-state index contributed by atoms with van der Waals surface area (Å²) in [6.45, 7) is 5.66. The fourth-order valence-electron chi connectivity index (χ4n) is 2.85. The van der Waals surface area contributed by atoms with Crippen molar-refractivity contribution in [2.45, 2.75) is 32.5 Å². The molecule has 1 aromatic rings. The van der Waals surface area contributed by atoms with Gasteiger partial charge in [0, 0.05) is 58.9 Å². The van der Waals surface area contributed by atoms with Gasteiger partial charge in [-0.2, -0.15) is 0 Å². The van der Waals surface area contributed by atoms with Gasteiger partial charge in [-0.05, 0) is 6.92 Å². The number of methoxy groups -OCH3 is 1. The van der Waals surface area contributed by atoms with E-state index in [-0.39, 0.29) is 17.9 Å². The third-order valence-corrected chi connectivity index (χ3v) is 4.01. The topological polar surface area (TPSA) is 59.4 Å². The summed E-state index contributed by atoms with van der Waals surface area (Å²) in [4.78, 5) is 18.1. The summed E-state index contributed by atoms with van der Waals surface area (Å²) in [6.07, 6.45) is 4.43. The Balaban J connectivity index is 1.96. The highest BCUT2D eigenvalue weighted by Gasteiger charge is 2.34. The molecule has 1 amide bonds. The molecule has 0 aliphatic carbocycles. The van der Waals surface area contributed by atoms with Gasteiger partial charge in [0.05, 0.1) is 18.1 Å². The molecule has 2 atom stereocenters. The number of carbonyl (C=O) groups excluding carboxylic acids is 1. The van der Waals surface area contributed by atoms with Crippen LogP contribution in [0.25, 0.3) is 0 Å². The SMILES string of the molecule is CCn1cncc1CN1C[C@@H](CC(=O)NC)[C@@H](OC)C1. The molecule has 0 spiro atoms. The monoisotopic (exact) mass is 280 g/mol. The minimum absolute atomic E-state index is 0.0810. The molecule has 1 aliphatic heterocycles. The molecule has 0 bridgehead atoms. The van der Waals surface area contributed by atoms with Crippen LogP contribution in [-0.4, -0.2) is 53.7 Å². The number of aromatic nitrogens is 2. The van der Waals surface area contributed by atoms with Crippen molar-refractivity contribution in [2.24, 2.45) is 5.92 Å². The van der Waals surface area contributed by atoms with Crippen LogP contribution in [0, 0.1) is 5.92 Å². The van der Waals surface area contributed by atoms with Crippen molar-refractivity contribution in [3.63, 3.8) is 0 Å². The van der Waals surface area contributed by atoms with Crippen LogP contribution in [0.1, 0.15) is 19.0 Å². The fraction of sp³-hybridized carbons (Fsp3) is 0.714. The fourth-order valence-corrected chi connectivity index (χ4v) is 2.85. The van der Waals surface area contributed by atoms with Crippen LogP contribution in [0.15, 0.2) is 12.5 Å². The van der Waals surface area contributed by atoms with Crippen LogP contribution in [0.2, 0.25) is 0 Å². The van der Waals surface area contributed by atoms with E-state index in [4.69, 9.17) is 4.74 Å². The highest BCUT2D eigenvalue weighted by molar-refractivity contribution is 5.75. The summed E-state index contributed by atoms with van der Waals surface area (Å²) in [5, 5.41) is 2.69. The van der Waals surface area contributed by atoms with E-state index in [1.807, 2.05) is 12.5 Å². The molecule has 20 heavy (non-hydrogen) atoms. The summed E-state index contributed by atoms with van der Waals surface area (Å²) in [7, 11) is 3.40. The van der Waals surface area contributed by atoms with Crippen molar-refractivity contribution < 1.29 is 9.53 Å². The Hall–Kier alpha value is -1.40. The van der Waals surface area contributed by atoms with E-state index >= 15 is 0 Å². The van der Waals surface area contributed by atoms with E-state index in [2.05, 4.69) is 26.7 Å². The number of aryl methyl sites for hydroxylation is 1. The van der Waals surface area contributed by atoms with Gasteiger partial charge in [0.2, 0.25) is 5.91 Å². The molecular formula is C14H24N4O2. The van der Waals surface area contributed by atoms with Crippen molar-refractivity contribution in [2.75, 3.05) is 27.2 Å². The molecule has 6 nitrogen and oxygen atoms in total. The number of imidazole rings is 1. The van der Waals surface area contributed by atoms with E-state index in [1.54, 1.807) is 14.2 Å². The second-order valence-corrected chi connectivity index (χ2v) is 5.28. The summed E-state index contributed by atoms with van der Waals surface area (Å²) in [6, 6.07) is 0. The number of nitrogens with zero attached hydrogens (tertiary/aromatic N) is 3. The Morgan fingerprint density at radius 2 is 2.35 bits per heavy atom. The summed E-state index contributed by atoms with van der Waals surface area (Å²) < 4.78 is 7.68. The van der Waals surface area contributed by atoms with E-state index in [1.165, 1.54) is 5.69 Å². The summed E-state index contributed by atoms with van der Waals surface area (Å²) >= 11 is 0. The number of nitrogens with one attached hydrogen (secondary N) is 1. The Morgan fingerprint density at radius 3 is 3.00 bits per heavy atom. The lowest BCUT2D eigenvalue weighted by Crippen LogP contribution is -2.28. The van der Waals surface area contributed by atoms with E-state index < -0.39 is 0 Å². The Bertz CT molecular complexity index is 446. The number of ether oxygens (including phenoxy) is 1. The first-order valence-corrected chi connectivity index (χ1v) is 7.12. The van der Waals surface area contributed by atoms with Gasteiger partial charge in [-0.25, -0.2) is 4.98 Å². The molecule has 1 N–H and O–H groups in total. The second-order valence-electron chi connectivity index (χ2n) is 5.28. The molecule has 112 valence electrons. The molecule has 6 heteroatoms. The average molecular weight is 280 g/mol. The molecule has 1 aromatic heterocycles. The van der Waals surface area contributed by atoms with E-state index in [0.717, 1.165) is 26.2 Å². The molecular weight excluding hydrogens is 256 g/mol.